The average Bonchev–Trinajstić information content (AvgIpc) is 3.17. The first-order valence-corrected chi connectivity index (χ1v) is 11.8. The number of pyridine rings is 1. The van der Waals surface area contributed by atoms with Crippen molar-refractivity contribution in [2.45, 2.75) is 26.8 Å². The third-order valence-corrected chi connectivity index (χ3v) is 6.19. The summed E-state index contributed by atoms with van der Waals surface area (Å²) in [5.41, 5.74) is 3.82. The van der Waals surface area contributed by atoms with Crippen molar-refractivity contribution in [1.29, 1.82) is 0 Å². The second kappa shape index (κ2) is 9.38. The summed E-state index contributed by atoms with van der Waals surface area (Å²) < 4.78 is 7.00. The Morgan fingerprint density at radius 1 is 0.971 bits per heavy atom. The predicted molar refractivity (Wildman–Crippen MR) is 138 cm³/mol. The Morgan fingerprint density at radius 2 is 1.74 bits per heavy atom. The number of piperazine rings is 1. The van der Waals surface area contributed by atoms with Gasteiger partial charge in [0.15, 0.2) is 5.58 Å². The quantitative estimate of drug-likeness (QED) is 0.430. The molecular weight excluding hydrogens is 444 g/mol. The molecule has 0 aliphatic carbocycles. The second-order valence-corrected chi connectivity index (χ2v) is 9.18. The van der Waals surface area contributed by atoms with Gasteiger partial charge in [-0.15, -0.1) is 0 Å². The maximum absolute atomic E-state index is 12.2. The van der Waals surface area contributed by atoms with Crippen LogP contribution in [0.4, 0.5) is 29.0 Å². The molecule has 10 heteroatoms. The zero-order chi connectivity index (χ0) is 24.5. The van der Waals surface area contributed by atoms with Crippen LogP contribution in [0, 0.1) is 6.92 Å². The molecule has 0 radical (unpaired) electrons. The lowest BCUT2D eigenvalue weighted by atomic mass is 10.2. The maximum atomic E-state index is 12.2. The smallest absolute Gasteiger partial charge is 0.408 e. The fourth-order valence-electron chi connectivity index (χ4n) is 4.18. The zero-order valence-corrected chi connectivity index (χ0v) is 20.4. The Bertz CT molecular complexity index is 1390. The molecule has 0 unspecified atom stereocenters. The highest BCUT2D eigenvalue weighted by Crippen LogP contribution is 2.25. The molecule has 0 bridgehead atoms. The van der Waals surface area contributed by atoms with Gasteiger partial charge >= 0.3 is 5.76 Å². The molecule has 4 heterocycles. The number of nitrogens with one attached hydrogen (secondary N) is 2. The summed E-state index contributed by atoms with van der Waals surface area (Å²) in [5, 5.41) is 6.59. The summed E-state index contributed by atoms with van der Waals surface area (Å²) in [4.78, 5) is 30.5. The summed E-state index contributed by atoms with van der Waals surface area (Å²) in [5.74, 6) is 1.76. The van der Waals surface area contributed by atoms with Crippen molar-refractivity contribution < 1.29 is 4.42 Å². The van der Waals surface area contributed by atoms with Gasteiger partial charge in [-0.2, -0.15) is 4.98 Å². The van der Waals surface area contributed by atoms with E-state index in [0.29, 0.717) is 17.3 Å². The van der Waals surface area contributed by atoms with Crippen molar-refractivity contribution >= 4 is 40.1 Å². The fourth-order valence-corrected chi connectivity index (χ4v) is 4.18. The monoisotopic (exact) mass is 474 g/mol. The molecule has 2 N–H and O–H groups in total. The van der Waals surface area contributed by atoms with E-state index in [1.807, 2.05) is 51.2 Å². The van der Waals surface area contributed by atoms with Gasteiger partial charge < -0.3 is 24.9 Å². The van der Waals surface area contributed by atoms with Gasteiger partial charge in [0.2, 0.25) is 5.95 Å². The highest BCUT2D eigenvalue weighted by Gasteiger charge is 2.16. The lowest BCUT2D eigenvalue weighted by molar-refractivity contribution is 0.312. The van der Waals surface area contributed by atoms with Crippen molar-refractivity contribution in [3.05, 3.63) is 58.8 Å². The second-order valence-electron chi connectivity index (χ2n) is 9.18. The number of hydrogen-bond acceptors (Lipinski definition) is 9. The molecule has 1 fully saturated rings. The summed E-state index contributed by atoms with van der Waals surface area (Å²) in [6.45, 7) is 9.88. The van der Waals surface area contributed by atoms with Gasteiger partial charge in [-0.25, -0.2) is 14.8 Å². The number of rotatable bonds is 6. The molecular formula is C25H30N8O2. The van der Waals surface area contributed by atoms with Crippen LogP contribution >= 0.6 is 0 Å². The van der Waals surface area contributed by atoms with E-state index in [4.69, 9.17) is 4.42 Å². The summed E-state index contributed by atoms with van der Waals surface area (Å²) in [6, 6.07) is 9.57. The molecule has 0 saturated carbocycles. The number of likely N-dealkylation sites (N-methyl/N-ethyl adjacent to an activating group) is 1. The summed E-state index contributed by atoms with van der Waals surface area (Å²) >= 11 is 0. The highest BCUT2D eigenvalue weighted by molar-refractivity contribution is 5.79. The number of anilines is 5. The van der Waals surface area contributed by atoms with Gasteiger partial charge in [0.05, 0.1) is 17.4 Å². The molecule has 0 atom stereocenters. The van der Waals surface area contributed by atoms with Crippen LogP contribution in [0.15, 0.2) is 51.9 Å². The molecule has 10 nitrogen and oxygen atoms in total. The number of fused-ring (bicyclic) bond motifs is 1. The van der Waals surface area contributed by atoms with Crippen LogP contribution in [-0.4, -0.2) is 57.6 Å². The Morgan fingerprint density at radius 3 is 2.46 bits per heavy atom. The minimum Gasteiger partial charge on any atom is -0.408 e. The van der Waals surface area contributed by atoms with Crippen LogP contribution in [0.3, 0.4) is 0 Å². The first-order chi connectivity index (χ1) is 16.9. The topological polar surface area (TPSA) is 104 Å². The zero-order valence-electron chi connectivity index (χ0n) is 20.4. The molecule has 35 heavy (non-hydrogen) atoms. The maximum Gasteiger partial charge on any atom is 0.420 e. The van der Waals surface area contributed by atoms with E-state index in [2.05, 4.69) is 42.4 Å². The highest BCUT2D eigenvalue weighted by atomic mass is 16.4. The Hall–Kier alpha value is -3.92. The van der Waals surface area contributed by atoms with Crippen molar-refractivity contribution in [2.75, 3.05) is 48.8 Å². The van der Waals surface area contributed by atoms with Crippen LogP contribution in [-0.2, 0) is 0 Å². The van der Waals surface area contributed by atoms with Crippen LogP contribution in [0.25, 0.3) is 11.1 Å². The van der Waals surface area contributed by atoms with E-state index in [0.717, 1.165) is 54.5 Å². The van der Waals surface area contributed by atoms with Gasteiger partial charge in [0.25, 0.3) is 0 Å². The largest absolute Gasteiger partial charge is 0.420 e. The minimum atomic E-state index is -0.357. The van der Waals surface area contributed by atoms with E-state index in [-0.39, 0.29) is 11.8 Å². The number of benzene rings is 1. The van der Waals surface area contributed by atoms with Crippen molar-refractivity contribution in [1.82, 2.24) is 24.4 Å². The van der Waals surface area contributed by atoms with E-state index in [1.165, 1.54) is 0 Å². The molecule has 1 aliphatic heterocycles. The lowest BCUT2D eigenvalue weighted by Crippen LogP contribution is -2.44. The minimum absolute atomic E-state index is 0.00756. The molecule has 4 aromatic rings. The Labute approximate surface area is 203 Å². The number of oxazole rings is 1. The summed E-state index contributed by atoms with van der Waals surface area (Å²) in [7, 11) is 2.14. The molecule has 1 aliphatic rings. The first-order valence-electron chi connectivity index (χ1n) is 11.8. The van der Waals surface area contributed by atoms with Crippen molar-refractivity contribution in [3.8, 4) is 0 Å². The molecule has 5 rings (SSSR count). The number of aromatic nitrogens is 4. The van der Waals surface area contributed by atoms with Gasteiger partial charge in [-0.05, 0) is 58.2 Å². The van der Waals surface area contributed by atoms with Crippen molar-refractivity contribution in [3.63, 3.8) is 0 Å². The molecule has 1 saturated heterocycles. The van der Waals surface area contributed by atoms with Crippen LogP contribution in [0.2, 0.25) is 0 Å². The lowest BCUT2D eigenvalue weighted by Gasteiger charge is -2.33. The third-order valence-electron chi connectivity index (χ3n) is 6.19. The SMILES string of the molecule is Cc1cnc(Nc2ccc(N3CCN(C)CC3)nc2)nc1Nc1ccc2oc(=O)n(C(C)C)c2c1. The molecule has 3 aromatic heterocycles. The normalized spacial score (nSPS) is 14.6. The van der Waals surface area contributed by atoms with E-state index >= 15 is 0 Å². The predicted octanol–water partition coefficient (Wildman–Crippen LogP) is 3.91. The standard InChI is InChI=1S/C25H30N8O2/c1-16(2)33-20-13-18(5-7-21(20)35-25(33)34)28-23-17(3)14-27-24(30-23)29-19-6-8-22(26-15-19)32-11-9-31(4)10-12-32/h5-8,13-16H,9-12H2,1-4H3,(H2,27,28,29,30). The van der Waals surface area contributed by atoms with E-state index in [1.54, 1.807) is 16.8 Å². The van der Waals surface area contributed by atoms with Gasteiger partial charge in [0, 0.05) is 49.7 Å². The molecule has 182 valence electrons. The molecule has 1 aromatic carbocycles. The fraction of sp³-hybridized carbons (Fsp3) is 0.360. The van der Waals surface area contributed by atoms with E-state index < -0.39 is 0 Å². The average molecular weight is 475 g/mol. The number of nitrogens with zero attached hydrogens (tertiary/aromatic N) is 6. The van der Waals surface area contributed by atoms with Gasteiger partial charge in [-0.1, -0.05) is 0 Å². The third kappa shape index (κ3) is 4.83. The van der Waals surface area contributed by atoms with Gasteiger partial charge in [0.1, 0.15) is 11.6 Å². The number of aryl methyl sites for hydroxylation is 1. The van der Waals surface area contributed by atoms with E-state index in [9.17, 15) is 4.79 Å². The van der Waals surface area contributed by atoms with Gasteiger partial charge in [-0.3, -0.25) is 4.57 Å². The Kier molecular flexibility index (Phi) is 6.12. The first kappa shape index (κ1) is 22.9. The summed E-state index contributed by atoms with van der Waals surface area (Å²) in [6.07, 6.45) is 3.58. The molecule has 0 amide bonds. The van der Waals surface area contributed by atoms with Crippen LogP contribution in [0.5, 0.6) is 0 Å². The van der Waals surface area contributed by atoms with Crippen LogP contribution in [0.1, 0.15) is 25.5 Å². The van der Waals surface area contributed by atoms with Crippen LogP contribution < -0.4 is 21.3 Å². The Balaban J connectivity index is 1.33. The molecule has 0 spiro atoms. The van der Waals surface area contributed by atoms with Crippen molar-refractivity contribution in [2.24, 2.45) is 0 Å². The number of hydrogen-bond donors (Lipinski definition) is 2.